The van der Waals surface area contributed by atoms with Crippen LogP contribution in [0, 0.1) is 25.2 Å². The normalized spacial score (nSPS) is 22.1. The maximum absolute atomic E-state index is 13.1. The van der Waals surface area contributed by atoms with E-state index in [-0.39, 0.29) is 23.7 Å². The first-order chi connectivity index (χ1) is 19.1. The number of carbonyl (C=O) groups is 1. The van der Waals surface area contributed by atoms with Crippen LogP contribution in [0.4, 0.5) is 13.2 Å². The van der Waals surface area contributed by atoms with Crippen molar-refractivity contribution in [3.63, 3.8) is 0 Å². The summed E-state index contributed by atoms with van der Waals surface area (Å²) in [4.78, 5) is 24.2. The maximum Gasteiger partial charge on any atom is 0.418 e. The van der Waals surface area contributed by atoms with Crippen molar-refractivity contribution in [1.82, 2.24) is 24.6 Å². The van der Waals surface area contributed by atoms with Crippen LogP contribution >= 0.6 is 0 Å². The highest BCUT2D eigenvalue weighted by Crippen LogP contribution is 2.40. The lowest BCUT2D eigenvalue weighted by Crippen LogP contribution is -2.47. The molecule has 1 aliphatic heterocycles. The third-order valence-electron chi connectivity index (χ3n) is 8.17. The van der Waals surface area contributed by atoms with Crippen LogP contribution in [0.25, 0.3) is 5.82 Å². The number of alkyl halides is 3. The predicted molar refractivity (Wildman–Crippen MR) is 140 cm³/mol. The minimum Gasteiger partial charge on any atom is -0.379 e. The number of carbonyl (C=O) groups excluding carboxylic acids is 1. The molecule has 0 N–H and O–H groups in total. The number of aromatic nitrogens is 4. The molecule has 3 aromatic rings. The lowest BCUT2D eigenvalue weighted by atomic mass is 9.71. The quantitative estimate of drug-likeness (QED) is 0.407. The SMILES string of the molecule is Cc1nc(-n2ncc(C(=O)Cc3ccc(C4(C#N)CCC(N5CCOCC5)CC4)nc3)c2C)ccc1C(F)(F)F. The molecule has 0 bridgehead atoms. The molecule has 1 aliphatic carbocycles. The second kappa shape index (κ2) is 11.1. The first-order valence-corrected chi connectivity index (χ1v) is 13.4. The van der Waals surface area contributed by atoms with Crippen LogP contribution < -0.4 is 0 Å². The van der Waals surface area contributed by atoms with Gasteiger partial charge in [-0.25, -0.2) is 9.67 Å². The summed E-state index contributed by atoms with van der Waals surface area (Å²) in [5.41, 5.74) is 0.690. The van der Waals surface area contributed by atoms with Gasteiger partial charge in [-0.15, -0.1) is 0 Å². The first-order valence-electron chi connectivity index (χ1n) is 13.4. The van der Waals surface area contributed by atoms with E-state index in [2.05, 4.69) is 26.0 Å². The molecule has 40 heavy (non-hydrogen) atoms. The summed E-state index contributed by atoms with van der Waals surface area (Å²) in [7, 11) is 0. The van der Waals surface area contributed by atoms with Crippen LogP contribution in [-0.4, -0.2) is 62.8 Å². The van der Waals surface area contributed by atoms with Gasteiger partial charge in [-0.3, -0.25) is 14.7 Å². The topological polar surface area (TPSA) is 96.9 Å². The molecule has 3 aromatic heterocycles. The van der Waals surface area contributed by atoms with Crippen molar-refractivity contribution < 1.29 is 22.7 Å². The Hall–Kier alpha value is -3.62. The van der Waals surface area contributed by atoms with E-state index in [0.717, 1.165) is 63.7 Å². The van der Waals surface area contributed by atoms with Crippen LogP contribution in [0.5, 0.6) is 0 Å². The molecule has 1 saturated carbocycles. The van der Waals surface area contributed by atoms with Crippen molar-refractivity contribution in [1.29, 1.82) is 5.26 Å². The molecular formula is C29H31F3N6O2. The highest BCUT2D eigenvalue weighted by Gasteiger charge is 2.40. The molecule has 2 fully saturated rings. The molecule has 0 aromatic carbocycles. The summed E-state index contributed by atoms with van der Waals surface area (Å²) < 4.78 is 46.1. The Balaban J connectivity index is 1.26. The zero-order valence-corrected chi connectivity index (χ0v) is 22.5. The number of hydrogen-bond acceptors (Lipinski definition) is 7. The molecule has 0 spiro atoms. The smallest absolute Gasteiger partial charge is 0.379 e. The lowest BCUT2D eigenvalue weighted by molar-refractivity contribution is -0.138. The number of rotatable bonds is 6. The van der Waals surface area contributed by atoms with E-state index in [0.29, 0.717) is 22.9 Å². The second-order valence-electron chi connectivity index (χ2n) is 10.6. The number of halogens is 3. The van der Waals surface area contributed by atoms with E-state index < -0.39 is 17.2 Å². The van der Waals surface area contributed by atoms with Crippen LogP contribution in [0.1, 0.15) is 64.2 Å². The fraction of sp³-hybridized carbons (Fsp3) is 0.483. The number of nitrogens with zero attached hydrogens (tertiary/aromatic N) is 6. The zero-order chi connectivity index (χ0) is 28.5. The zero-order valence-electron chi connectivity index (χ0n) is 22.5. The van der Waals surface area contributed by atoms with Gasteiger partial charge in [0.15, 0.2) is 11.6 Å². The lowest BCUT2D eigenvalue weighted by Gasteiger charge is -2.41. The Morgan fingerprint density at radius 3 is 2.45 bits per heavy atom. The molecule has 4 heterocycles. The highest BCUT2D eigenvalue weighted by molar-refractivity contribution is 5.98. The van der Waals surface area contributed by atoms with Gasteiger partial charge >= 0.3 is 6.18 Å². The van der Waals surface area contributed by atoms with Gasteiger partial charge in [0.25, 0.3) is 0 Å². The van der Waals surface area contributed by atoms with Crippen molar-refractivity contribution >= 4 is 5.78 Å². The molecule has 11 heteroatoms. The largest absolute Gasteiger partial charge is 0.418 e. The van der Waals surface area contributed by atoms with Gasteiger partial charge in [-0.1, -0.05) is 6.07 Å². The minimum atomic E-state index is -4.49. The number of morpholine rings is 1. The van der Waals surface area contributed by atoms with Gasteiger partial charge < -0.3 is 4.74 Å². The molecule has 0 radical (unpaired) electrons. The monoisotopic (exact) mass is 552 g/mol. The Morgan fingerprint density at radius 1 is 1.12 bits per heavy atom. The average molecular weight is 553 g/mol. The average Bonchev–Trinajstić information content (AvgIpc) is 3.34. The molecule has 210 valence electrons. The molecule has 0 atom stereocenters. The number of pyridine rings is 2. The minimum absolute atomic E-state index is 0.0813. The van der Waals surface area contributed by atoms with E-state index >= 15 is 0 Å². The van der Waals surface area contributed by atoms with Crippen molar-refractivity contribution in [2.45, 2.75) is 63.6 Å². The fourth-order valence-corrected chi connectivity index (χ4v) is 5.80. The van der Waals surface area contributed by atoms with Gasteiger partial charge in [0.05, 0.1) is 59.1 Å². The number of Topliss-reactive ketones (excluding diaryl/α,β-unsaturated/α-hetero) is 1. The summed E-state index contributed by atoms with van der Waals surface area (Å²) in [6, 6.07) is 8.90. The Kier molecular flexibility index (Phi) is 7.75. The molecular weight excluding hydrogens is 521 g/mol. The molecule has 2 aliphatic rings. The molecule has 1 saturated heterocycles. The van der Waals surface area contributed by atoms with Gasteiger partial charge in [-0.2, -0.15) is 23.5 Å². The fourth-order valence-electron chi connectivity index (χ4n) is 5.80. The summed E-state index contributed by atoms with van der Waals surface area (Å²) in [6.07, 6.45) is 2.01. The van der Waals surface area contributed by atoms with Crippen LogP contribution in [0.3, 0.4) is 0 Å². The van der Waals surface area contributed by atoms with E-state index in [1.807, 2.05) is 12.1 Å². The molecule has 0 amide bonds. The summed E-state index contributed by atoms with van der Waals surface area (Å²) in [5, 5.41) is 14.3. The van der Waals surface area contributed by atoms with E-state index in [9.17, 15) is 23.2 Å². The number of aryl methyl sites for hydroxylation is 1. The number of ketones is 1. The van der Waals surface area contributed by atoms with Gasteiger partial charge in [-0.05, 0) is 63.3 Å². The number of hydrogen-bond donors (Lipinski definition) is 0. The third-order valence-corrected chi connectivity index (χ3v) is 8.17. The highest BCUT2D eigenvalue weighted by atomic mass is 19.4. The van der Waals surface area contributed by atoms with Crippen molar-refractivity contribution in [2.75, 3.05) is 26.3 Å². The molecule has 8 nitrogen and oxygen atoms in total. The predicted octanol–water partition coefficient (Wildman–Crippen LogP) is 4.76. The van der Waals surface area contributed by atoms with E-state index in [1.165, 1.54) is 23.9 Å². The Labute approximate surface area is 230 Å². The van der Waals surface area contributed by atoms with Crippen molar-refractivity contribution in [3.8, 4) is 11.9 Å². The maximum atomic E-state index is 13.1. The van der Waals surface area contributed by atoms with Gasteiger partial charge in [0.2, 0.25) is 0 Å². The van der Waals surface area contributed by atoms with Crippen LogP contribution in [0.2, 0.25) is 0 Å². The summed E-state index contributed by atoms with van der Waals surface area (Å²) >= 11 is 0. The summed E-state index contributed by atoms with van der Waals surface area (Å²) in [6.45, 7) is 6.36. The van der Waals surface area contributed by atoms with Gasteiger partial charge in [0, 0.05) is 31.7 Å². The second-order valence-corrected chi connectivity index (χ2v) is 10.6. The van der Waals surface area contributed by atoms with Crippen LogP contribution in [-0.2, 0) is 22.7 Å². The third kappa shape index (κ3) is 5.51. The number of nitriles is 1. The first kappa shape index (κ1) is 27.9. The Bertz CT molecular complexity index is 1410. The van der Waals surface area contributed by atoms with Crippen LogP contribution in [0.15, 0.2) is 36.7 Å². The van der Waals surface area contributed by atoms with Gasteiger partial charge in [0.1, 0.15) is 0 Å². The van der Waals surface area contributed by atoms with Crippen molar-refractivity contribution in [2.24, 2.45) is 0 Å². The van der Waals surface area contributed by atoms with E-state index in [4.69, 9.17) is 4.74 Å². The molecule has 5 rings (SSSR count). The standard InChI is InChI=1S/C29H31F3N6O2/c1-19-24(29(30,31)32)4-6-27(36-19)38-20(2)23(17-35-38)25(39)15-21-3-5-26(34-16-21)28(18-33)9-7-22(8-10-28)37-11-13-40-14-12-37/h3-6,16-17,22H,7-15H2,1-2H3. The molecule has 0 unspecified atom stereocenters. The number of ether oxygens (including phenoxy) is 1. The summed E-state index contributed by atoms with van der Waals surface area (Å²) in [5.74, 6) is 0.0150. The Morgan fingerprint density at radius 2 is 1.85 bits per heavy atom. The van der Waals surface area contributed by atoms with Crippen molar-refractivity contribution in [3.05, 3.63) is 70.4 Å². The van der Waals surface area contributed by atoms with E-state index in [1.54, 1.807) is 13.1 Å².